The van der Waals surface area contributed by atoms with E-state index in [1.54, 1.807) is 43.3 Å². The van der Waals surface area contributed by atoms with E-state index >= 15 is 0 Å². The second-order valence-electron chi connectivity index (χ2n) is 6.60. The fraction of sp³-hybridized carbons (Fsp3) is 0.238. The monoisotopic (exact) mass is 364 g/mol. The number of rotatable bonds is 5. The number of aliphatic hydroxyl groups is 1. The topological polar surface area (TPSA) is 88.6 Å². The van der Waals surface area contributed by atoms with Crippen molar-refractivity contribution in [2.45, 2.75) is 19.1 Å². The summed E-state index contributed by atoms with van der Waals surface area (Å²) in [5, 5.41) is 12.9. The molecule has 27 heavy (non-hydrogen) atoms. The molecular formula is C21H20N2O4. The number of carbonyl (C=O) groups is 2. The van der Waals surface area contributed by atoms with E-state index in [1.165, 1.54) is 5.01 Å². The number of nitrogens with one attached hydrogen (secondary N) is 1. The van der Waals surface area contributed by atoms with E-state index in [4.69, 9.17) is 4.74 Å². The summed E-state index contributed by atoms with van der Waals surface area (Å²) in [5.41, 5.74) is 2.96. The highest BCUT2D eigenvalue weighted by Gasteiger charge is 2.57. The highest BCUT2D eigenvalue weighted by molar-refractivity contribution is 6.06. The molecule has 2 atom stereocenters. The maximum Gasteiger partial charge on any atom is 0.338 e. The van der Waals surface area contributed by atoms with Crippen molar-refractivity contribution in [3.8, 4) is 0 Å². The Labute approximate surface area is 157 Å². The van der Waals surface area contributed by atoms with Gasteiger partial charge in [-0.25, -0.2) is 9.80 Å². The molecule has 6 heteroatoms. The van der Waals surface area contributed by atoms with E-state index in [0.29, 0.717) is 16.9 Å². The number of hydrogen-bond acceptors (Lipinski definition) is 6. The Balaban J connectivity index is 1.78. The van der Waals surface area contributed by atoms with E-state index in [0.717, 1.165) is 0 Å². The zero-order valence-corrected chi connectivity index (χ0v) is 14.9. The van der Waals surface area contributed by atoms with Crippen LogP contribution in [-0.2, 0) is 15.3 Å². The lowest BCUT2D eigenvalue weighted by Crippen LogP contribution is -2.43. The molecule has 0 spiro atoms. The Morgan fingerprint density at radius 1 is 1.15 bits per heavy atom. The maximum atomic E-state index is 13.2. The number of nitrogens with zero attached hydrogens (tertiary/aromatic N) is 1. The van der Waals surface area contributed by atoms with Gasteiger partial charge in [-0.05, 0) is 6.92 Å². The van der Waals surface area contributed by atoms with Crippen LogP contribution in [0.25, 0.3) is 0 Å². The second-order valence-corrected chi connectivity index (χ2v) is 6.60. The lowest BCUT2D eigenvalue weighted by molar-refractivity contribution is -0.140. The van der Waals surface area contributed by atoms with Crippen LogP contribution in [0.3, 0.4) is 0 Å². The highest BCUT2D eigenvalue weighted by atomic mass is 16.5. The summed E-state index contributed by atoms with van der Waals surface area (Å²) in [6, 6.07) is 17.9. The minimum absolute atomic E-state index is 0.0510. The van der Waals surface area contributed by atoms with Crippen molar-refractivity contribution >= 4 is 11.8 Å². The van der Waals surface area contributed by atoms with Gasteiger partial charge < -0.3 is 9.84 Å². The predicted octanol–water partition coefficient (Wildman–Crippen LogP) is 2.33. The number of Topliss-reactive ketones (excluding diaryl/α,β-unsaturated/α-hetero) is 1. The third-order valence-corrected chi connectivity index (χ3v) is 4.96. The molecular weight excluding hydrogens is 344 g/mol. The molecule has 0 saturated carbocycles. The zero-order chi connectivity index (χ0) is 19.0. The number of fused-ring (bicyclic) bond motifs is 1. The quantitative estimate of drug-likeness (QED) is 0.481. The summed E-state index contributed by atoms with van der Waals surface area (Å²) in [5.74, 6) is -1.11. The first-order chi connectivity index (χ1) is 13.1. The summed E-state index contributed by atoms with van der Waals surface area (Å²) in [6.45, 7) is 1.93. The lowest BCUT2D eigenvalue weighted by Gasteiger charge is -2.35. The van der Waals surface area contributed by atoms with Gasteiger partial charge >= 0.3 is 5.97 Å². The smallest absolute Gasteiger partial charge is 0.338 e. The van der Waals surface area contributed by atoms with Crippen LogP contribution in [0.1, 0.15) is 29.3 Å². The number of carbonyl (C=O) groups excluding carboxylic acids is 2. The molecule has 1 saturated heterocycles. The van der Waals surface area contributed by atoms with Gasteiger partial charge in [-0.2, -0.15) is 0 Å². The average Bonchev–Trinajstić information content (AvgIpc) is 3.50. The van der Waals surface area contributed by atoms with E-state index in [2.05, 4.69) is 5.43 Å². The first kappa shape index (κ1) is 17.3. The van der Waals surface area contributed by atoms with Gasteiger partial charge in [0.2, 0.25) is 0 Å². The van der Waals surface area contributed by atoms with E-state index < -0.39 is 17.6 Å². The van der Waals surface area contributed by atoms with Crippen molar-refractivity contribution in [2.75, 3.05) is 6.61 Å². The van der Waals surface area contributed by atoms with Gasteiger partial charge in [0, 0.05) is 17.5 Å². The van der Waals surface area contributed by atoms with Crippen LogP contribution in [0.5, 0.6) is 0 Å². The van der Waals surface area contributed by atoms with Crippen molar-refractivity contribution in [3.05, 3.63) is 83.2 Å². The Morgan fingerprint density at radius 3 is 2.41 bits per heavy atom. The van der Waals surface area contributed by atoms with Gasteiger partial charge in [-0.1, -0.05) is 60.7 Å². The summed E-state index contributed by atoms with van der Waals surface area (Å²) >= 11 is 0. The van der Waals surface area contributed by atoms with Crippen molar-refractivity contribution in [1.29, 1.82) is 0 Å². The second kappa shape index (κ2) is 6.55. The number of esters is 1. The fourth-order valence-corrected chi connectivity index (χ4v) is 3.61. The highest BCUT2D eigenvalue weighted by Crippen LogP contribution is 2.48. The van der Waals surface area contributed by atoms with Gasteiger partial charge in [0.05, 0.1) is 18.1 Å². The van der Waals surface area contributed by atoms with E-state index in [1.807, 2.05) is 24.3 Å². The van der Waals surface area contributed by atoms with E-state index in [-0.39, 0.29) is 24.4 Å². The van der Waals surface area contributed by atoms with Gasteiger partial charge in [0.25, 0.3) is 0 Å². The summed E-state index contributed by atoms with van der Waals surface area (Å²) in [4.78, 5) is 25.8. The Bertz CT molecular complexity index is 910. The third kappa shape index (κ3) is 2.88. The molecule has 2 aromatic carbocycles. The molecule has 0 aromatic heterocycles. The van der Waals surface area contributed by atoms with Crippen molar-refractivity contribution in [2.24, 2.45) is 5.92 Å². The number of benzene rings is 2. The minimum atomic E-state index is -1.41. The standard InChI is InChI=1S/C21H20N2O4/c1-2-27-20(25)17-16(18(24)14-9-5-3-6-10-14)13-21(26,23-19(17)22-23)15-11-7-4-8-12-15/h3-12,16,22,26H,2,13H2,1H3. The molecule has 0 amide bonds. The largest absolute Gasteiger partial charge is 0.463 e. The van der Waals surface area contributed by atoms with Crippen molar-refractivity contribution < 1.29 is 19.4 Å². The molecule has 138 valence electrons. The minimum Gasteiger partial charge on any atom is -0.463 e. The normalized spacial score (nSPS) is 23.3. The summed E-state index contributed by atoms with van der Waals surface area (Å²) in [6.07, 6.45) is 0.0510. The molecule has 2 aliphatic rings. The summed E-state index contributed by atoms with van der Waals surface area (Å²) in [7, 11) is 0. The Morgan fingerprint density at radius 2 is 1.78 bits per heavy atom. The van der Waals surface area contributed by atoms with Crippen LogP contribution >= 0.6 is 0 Å². The molecule has 6 nitrogen and oxygen atoms in total. The molecule has 0 radical (unpaired) electrons. The van der Waals surface area contributed by atoms with Crippen LogP contribution in [0.15, 0.2) is 72.1 Å². The summed E-state index contributed by atoms with van der Waals surface area (Å²) < 4.78 is 5.17. The molecule has 4 rings (SSSR count). The SMILES string of the molecule is CCOC(=O)C1=C2NN2C(O)(c2ccccc2)CC1C(=O)c1ccccc1. The van der Waals surface area contributed by atoms with Crippen molar-refractivity contribution in [3.63, 3.8) is 0 Å². The number of hydrazine groups is 1. The molecule has 2 aromatic rings. The molecule has 0 bridgehead atoms. The molecule has 2 aliphatic heterocycles. The maximum absolute atomic E-state index is 13.2. The van der Waals surface area contributed by atoms with Gasteiger partial charge in [-0.15, -0.1) is 0 Å². The Hall–Kier alpha value is -3.12. The average molecular weight is 364 g/mol. The van der Waals surface area contributed by atoms with Crippen LogP contribution in [0, 0.1) is 5.92 Å². The number of hydrogen-bond donors (Lipinski definition) is 2. The Kier molecular flexibility index (Phi) is 4.20. The molecule has 0 aliphatic carbocycles. The van der Waals surface area contributed by atoms with Crippen LogP contribution in [0.4, 0.5) is 0 Å². The molecule has 1 fully saturated rings. The first-order valence-electron chi connectivity index (χ1n) is 8.91. The van der Waals surface area contributed by atoms with Crippen LogP contribution in [0.2, 0.25) is 0 Å². The lowest BCUT2D eigenvalue weighted by atomic mass is 9.79. The number of ketones is 1. The van der Waals surface area contributed by atoms with E-state index in [9.17, 15) is 14.7 Å². The van der Waals surface area contributed by atoms with Gasteiger partial charge in [0.1, 0.15) is 0 Å². The number of ether oxygens (including phenoxy) is 1. The van der Waals surface area contributed by atoms with Gasteiger partial charge in [-0.3, -0.25) is 10.2 Å². The molecule has 2 N–H and O–H groups in total. The zero-order valence-electron chi connectivity index (χ0n) is 14.9. The third-order valence-electron chi connectivity index (χ3n) is 4.96. The fourth-order valence-electron chi connectivity index (χ4n) is 3.61. The van der Waals surface area contributed by atoms with Crippen LogP contribution in [-0.4, -0.2) is 28.5 Å². The predicted molar refractivity (Wildman–Crippen MR) is 97.9 cm³/mol. The van der Waals surface area contributed by atoms with Crippen LogP contribution < -0.4 is 5.43 Å². The first-order valence-corrected chi connectivity index (χ1v) is 8.91. The molecule has 2 unspecified atom stereocenters. The van der Waals surface area contributed by atoms with Crippen molar-refractivity contribution in [1.82, 2.24) is 10.4 Å². The molecule has 2 heterocycles. The van der Waals surface area contributed by atoms with Gasteiger partial charge in [0.15, 0.2) is 17.3 Å².